The molecule has 0 aliphatic carbocycles. The number of rotatable bonds is 2. The summed E-state index contributed by atoms with van der Waals surface area (Å²) < 4.78 is 16.7. The first-order valence-electron chi connectivity index (χ1n) is 8.68. The van der Waals surface area contributed by atoms with Crippen molar-refractivity contribution in [2.75, 3.05) is 13.1 Å². The molecule has 0 bridgehead atoms. The molecule has 2 fully saturated rings. The highest BCUT2D eigenvalue weighted by atomic mass is 16.5. The predicted molar refractivity (Wildman–Crippen MR) is 85.9 cm³/mol. The summed E-state index contributed by atoms with van der Waals surface area (Å²) >= 11 is 0. The van der Waals surface area contributed by atoms with E-state index in [4.69, 9.17) is 13.8 Å². The van der Waals surface area contributed by atoms with Crippen molar-refractivity contribution in [2.45, 2.75) is 58.2 Å². The van der Waals surface area contributed by atoms with Crippen LogP contribution in [-0.4, -0.2) is 44.8 Å². The quantitative estimate of drug-likeness (QED) is 0.824. The minimum Gasteiger partial charge on any atom is -0.362 e. The maximum absolute atomic E-state index is 12.7. The van der Waals surface area contributed by atoms with E-state index in [9.17, 15) is 4.79 Å². The van der Waals surface area contributed by atoms with Crippen molar-refractivity contribution >= 4 is 5.91 Å². The zero-order valence-electron chi connectivity index (χ0n) is 14.7. The molecule has 4 rings (SSSR count). The molecule has 2 aromatic heterocycles. The Morgan fingerprint density at radius 2 is 1.88 bits per heavy atom. The van der Waals surface area contributed by atoms with Gasteiger partial charge in [0.2, 0.25) is 0 Å². The van der Waals surface area contributed by atoms with Crippen molar-refractivity contribution in [1.29, 1.82) is 0 Å². The summed E-state index contributed by atoms with van der Waals surface area (Å²) in [7, 11) is 0. The van der Waals surface area contributed by atoms with Gasteiger partial charge in [0.25, 0.3) is 11.8 Å². The third-order valence-corrected chi connectivity index (χ3v) is 5.28. The molecule has 2 aliphatic rings. The number of ether oxygens (including phenoxy) is 1. The predicted octanol–water partition coefficient (Wildman–Crippen LogP) is 2.51. The highest BCUT2D eigenvalue weighted by Gasteiger charge is 2.45. The van der Waals surface area contributed by atoms with E-state index in [0.717, 1.165) is 25.7 Å². The molecule has 25 heavy (non-hydrogen) atoms. The minimum atomic E-state index is -0.192. The molecule has 1 spiro atoms. The Hall–Kier alpha value is -2.22. The molecule has 4 heterocycles. The Morgan fingerprint density at radius 3 is 2.48 bits per heavy atom. The third kappa shape index (κ3) is 2.84. The molecule has 0 N–H and O–H groups in total. The molecule has 1 amide bonds. The molecule has 1 atom stereocenters. The van der Waals surface area contributed by atoms with Gasteiger partial charge in [-0.05, 0) is 46.5 Å². The van der Waals surface area contributed by atoms with Crippen molar-refractivity contribution in [3.05, 3.63) is 28.7 Å². The van der Waals surface area contributed by atoms with Crippen molar-refractivity contribution in [3.8, 4) is 0 Å². The Kier molecular flexibility index (Phi) is 3.87. The number of amides is 1. The van der Waals surface area contributed by atoms with Crippen molar-refractivity contribution in [1.82, 2.24) is 20.2 Å². The minimum absolute atomic E-state index is 0.00632. The highest BCUT2D eigenvalue weighted by molar-refractivity contribution is 5.96. The van der Waals surface area contributed by atoms with Crippen LogP contribution in [0, 0.1) is 20.8 Å². The second kappa shape index (κ2) is 5.94. The fourth-order valence-corrected chi connectivity index (χ4v) is 3.86. The number of hydrogen-bond donors (Lipinski definition) is 0. The van der Waals surface area contributed by atoms with E-state index in [-0.39, 0.29) is 17.6 Å². The number of aromatic nitrogens is 3. The van der Waals surface area contributed by atoms with Crippen LogP contribution in [0.1, 0.15) is 65.3 Å². The van der Waals surface area contributed by atoms with Crippen molar-refractivity contribution < 1.29 is 18.6 Å². The fourth-order valence-electron chi connectivity index (χ4n) is 3.86. The van der Waals surface area contributed by atoms with Gasteiger partial charge in [0.1, 0.15) is 17.4 Å². The van der Waals surface area contributed by atoms with Crippen LogP contribution in [0.15, 0.2) is 9.05 Å². The van der Waals surface area contributed by atoms with Gasteiger partial charge in [-0.25, -0.2) is 0 Å². The lowest BCUT2D eigenvalue weighted by molar-refractivity contribution is -0.0820. The van der Waals surface area contributed by atoms with Gasteiger partial charge in [0, 0.05) is 13.1 Å². The topological polar surface area (TPSA) is 94.5 Å². The van der Waals surface area contributed by atoms with Crippen LogP contribution in [0.4, 0.5) is 0 Å². The Morgan fingerprint density at radius 1 is 1.12 bits per heavy atom. The number of carbonyl (C=O) groups excluding carboxylic acids is 1. The van der Waals surface area contributed by atoms with E-state index in [1.165, 1.54) is 0 Å². The average molecular weight is 346 g/mol. The second-order valence-electron chi connectivity index (χ2n) is 7.00. The molecular formula is C17H22N4O4. The van der Waals surface area contributed by atoms with E-state index in [1.807, 2.05) is 4.90 Å². The lowest BCUT2D eigenvalue weighted by Gasteiger charge is -2.38. The first-order chi connectivity index (χ1) is 12.0. The number of carbonyl (C=O) groups is 1. The zero-order chi connectivity index (χ0) is 17.6. The lowest BCUT2D eigenvalue weighted by Crippen LogP contribution is -2.46. The number of nitrogens with zero attached hydrogens (tertiary/aromatic N) is 4. The Balaban J connectivity index is 1.41. The van der Waals surface area contributed by atoms with Gasteiger partial charge in [0.05, 0.1) is 11.3 Å². The van der Waals surface area contributed by atoms with Crippen LogP contribution in [0.25, 0.3) is 0 Å². The Bertz CT molecular complexity index is 769. The summed E-state index contributed by atoms with van der Waals surface area (Å²) in [5.74, 6) is 1.75. The van der Waals surface area contributed by atoms with Crippen LogP contribution in [0.5, 0.6) is 0 Å². The van der Waals surface area contributed by atoms with Gasteiger partial charge in [-0.15, -0.1) is 0 Å². The molecule has 0 unspecified atom stereocenters. The van der Waals surface area contributed by atoms with Gasteiger partial charge in [-0.1, -0.05) is 10.3 Å². The molecule has 2 aromatic rings. The molecule has 2 saturated heterocycles. The van der Waals surface area contributed by atoms with Gasteiger partial charge in [-0.3, -0.25) is 4.79 Å². The first kappa shape index (κ1) is 16.3. The Labute approximate surface area is 145 Å². The van der Waals surface area contributed by atoms with Crippen LogP contribution in [0.3, 0.4) is 0 Å². The fraction of sp³-hybridized carbons (Fsp3) is 0.647. The van der Waals surface area contributed by atoms with E-state index in [2.05, 4.69) is 15.3 Å². The summed E-state index contributed by atoms with van der Waals surface area (Å²) in [6.45, 7) is 6.70. The van der Waals surface area contributed by atoms with Gasteiger partial charge in [0.15, 0.2) is 5.82 Å². The number of aryl methyl sites for hydroxylation is 3. The van der Waals surface area contributed by atoms with Gasteiger partial charge < -0.3 is 18.7 Å². The normalized spacial score (nSPS) is 22.7. The maximum Gasteiger partial charge on any atom is 0.259 e. The SMILES string of the molecule is Cc1noc([C@@H]2CCC3(CCN(C(=O)c4c(C)noc4C)CC3)O2)n1. The van der Waals surface area contributed by atoms with Crippen LogP contribution < -0.4 is 0 Å². The third-order valence-electron chi connectivity index (χ3n) is 5.28. The molecule has 0 aromatic carbocycles. The van der Waals surface area contributed by atoms with Crippen molar-refractivity contribution in [2.24, 2.45) is 0 Å². The molecule has 2 aliphatic heterocycles. The van der Waals surface area contributed by atoms with Crippen LogP contribution in [0.2, 0.25) is 0 Å². The standard InChI is InChI=1S/C17H22N4O4/c1-10-14(11(2)24-19-10)16(22)21-8-6-17(7-9-21)5-4-13(23-17)15-18-12(3)20-25-15/h13H,4-9H2,1-3H3/t13-/m0/s1. The molecule has 8 nitrogen and oxygen atoms in total. The van der Waals surface area contributed by atoms with Crippen molar-refractivity contribution in [3.63, 3.8) is 0 Å². The molecule has 0 radical (unpaired) electrons. The summed E-state index contributed by atoms with van der Waals surface area (Å²) in [5, 5.41) is 7.72. The van der Waals surface area contributed by atoms with Gasteiger partial charge in [-0.2, -0.15) is 4.98 Å². The summed E-state index contributed by atoms with van der Waals surface area (Å²) in [5.41, 5.74) is 1.04. The number of hydrogen-bond acceptors (Lipinski definition) is 7. The highest BCUT2D eigenvalue weighted by Crippen LogP contribution is 2.44. The molecular weight excluding hydrogens is 324 g/mol. The summed E-state index contributed by atoms with van der Waals surface area (Å²) in [6, 6.07) is 0. The largest absolute Gasteiger partial charge is 0.362 e. The van der Waals surface area contributed by atoms with Crippen LogP contribution in [-0.2, 0) is 4.74 Å². The number of piperidine rings is 1. The first-order valence-corrected chi connectivity index (χ1v) is 8.68. The zero-order valence-corrected chi connectivity index (χ0v) is 14.7. The molecule has 0 saturated carbocycles. The monoisotopic (exact) mass is 346 g/mol. The molecule has 8 heteroatoms. The van der Waals surface area contributed by atoms with E-state index in [0.29, 0.717) is 41.8 Å². The average Bonchev–Trinajstić information content (AvgIpc) is 3.28. The van der Waals surface area contributed by atoms with E-state index >= 15 is 0 Å². The van der Waals surface area contributed by atoms with E-state index in [1.54, 1.807) is 20.8 Å². The van der Waals surface area contributed by atoms with Crippen LogP contribution >= 0.6 is 0 Å². The summed E-state index contributed by atoms with van der Waals surface area (Å²) in [4.78, 5) is 18.9. The maximum atomic E-state index is 12.7. The molecule has 134 valence electrons. The second-order valence-corrected chi connectivity index (χ2v) is 7.00. The lowest BCUT2D eigenvalue weighted by atomic mass is 9.88. The smallest absolute Gasteiger partial charge is 0.259 e. The summed E-state index contributed by atoms with van der Waals surface area (Å²) in [6.07, 6.45) is 3.31. The number of likely N-dealkylation sites (tertiary alicyclic amines) is 1. The van der Waals surface area contributed by atoms with Gasteiger partial charge >= 0.3 is 0 Å². The van der Waals surface area contributed by atoms with E-state index < -0.39 is 0 Å².